The Labute approximate surface area is 74.6 Å². The maximum atomic E-state index is 10.9. The van der Waals surface area contributed by atoms with Crippen molar-refractivity contribution in [1.29, 1.82) is 0 Å². The van der Waals surface area contributed by atoms with Crippen molar-refractivity contribution in [1.82, 2.24) is 0 Å². The molecule has 70 valence electrons. The fraction of sp³-hybridized carbons (Fsp3) is 0.700. The number of esters is 1. The van der Waals surface area contributed by atoms with Gasteiger partial charge < -0.3 is 4.74 Å². The molecule has 0 aliphatic heterocycles. The molecule has 0 rings (SSSR count). The van der Waals surface area contributed by atoms with Gasteiger partial charge in [0, 0.05) is 5.57 Å². The molecule has 0 bridgehead atoms. The second-order valence-electron chi connectivity index (χ2n) is 2.91. The van der Waals surface area contributed by atoms with Crippen LogP contribution in [0.5, 0.6) is 0 Å². The SMILES string of the molecule is C=C(CCCCCC)C(=O)OC. The molecule has 0 heterocycles. The predicted octanol–water partition coefficient (Wildman–Crippen LogP) is 2.69. The normalized spacial score (nSPS) is 9.50. The first kappa shape index (κ1) is 11.2. The first-order valence-corrected chi connectivity index (χ1v) is 4.48. The Morgan fingerprint density at radius 2 is 2.00 bits per heavy atom. The van der Waals surface area contributed by atoms with Crippen LogP contribution in [0, 0.1) is 0 Å². The number of hydrogen-bond acceptors (Lipinski definition) is 2. The lowest BCUT2D eigenvalue weighted by Gasteiger charge is -2.02. The van der Waals surface area contributed by atoms with E-state index >= 15 is 0 Å². The third-order valence-electron chi connectivity index (χ3n) is 1.81. The highest BCUT2D eigenvalue weighted by atomic mass is 16.5. The summed E-state index contributed by atoms with van der Waals surface area (Å²) in [6.45, 7) is 5.81. The first-order chi connectivity index (χ1) is 5.72. The van der Waals surface area contributed by atoms with Crippen LogP contribution >= 0.6 is 0 Å². The summed E-state index contributed by atoms with van der Waals surface area (Å²) in [5.41, 5.74) is 0.591. The molecular formula is C10H18O2. The molecule has 0 saturated heterocycles. The van der Waals surface area contributed by atoms with Gasteiger partial charge in [0.1, 0.15) is 0 Å². The van der Waals surface area contributed by atoms with Crippen LogP contribution in [-0.2, 0) is 9.53 Å². The average Bonchev–Trinajstić information content (AvgIpc) is 2.10. The number of hydrogen-bond donors (Lipinski definition) is 0. The molecule has 0 unspecified atom stereocenters. The van der Waals surface area contributed by atoms with Crippen LogP contribution in [0.25, 0.3) is 0 Å². The van der Waals surface area contributed by atoms with Gasteiger partial charge in [-0.05, 0) is 12.8 Å². The van der Waals surface area contributed by atoms with Crippen molar-refractivity contribution in [3.8, 4) is 0 Å². The van der Waals surface area contributed by atoms with Crippen LogP contribution in [0.15, 0.2) is 12.2 Å². The summed E-state index contributed by atoms with van der Waals surface area (Å²) in [7, 11) is 1.39. The van der Waals surface area contributed by atoms with E-state index in [1.165, 1.54) is 26.4 Å². The smallest absolute Gasteiger partial charge is 0.333 e. The molecule has 0 atom stereocenters. The van der Waals surface area contributed by atoms with Gasteiger partial charge in [0.05, 0.1) is 7.11 Å². The molecule has 0 fully saturated rings. The average molecular weight is 170 g/mol. The Morgan fingerprint density at radius 3 is 2.50 bits per heavy atom. The number of carbonyl (C=O) groups is 1. The highest BCUT2D eigenvalue weighted by Crippen LogP contribution is 2.09. The standard InChI is InChI=1S/C10H18O2/c1-4-5-6-7-8-9(2)10(11)12-3/h2,4-8H2,1,3H3. The van der Waals surface area contributed by atoms with Gasteiger partial charge in [-0.3, -0.25) is 0 Å². The van der Waals surface area contributed by atoms with Gasteiger partial charge in [-0.15, -0.1) is 0 Å². The Morgan fingerprint density at radius 1 is 1.33 bits per heavy atom. The molecule has 12 heavy (non-hydrogen) atoms. The van der Waals surface area contributed by atoms with E-state index < -0.39 is 0 Å². The van der Waals surface area contributed by atoms with Crippen LogP contribution in [0.4, 0.5) is 0 Å². The van der Waals surface area contributed by atoms with E-state index in [1.54, 1.807) is 0 Å². The molecule has 0 aliphatic carbocycles. The molecule has 0 amide bonds. The number of ether oxygens (including phenoxy) is 1. The Hall–Kier alpha value is -0.790. The predicted molar refractivity (Wildman–Crippen MR) is 49.9 cm³/mol. The van der Waals surface area contributed by atoms with Crippen LogP contribution in [0.2, 0.25) is 0 Å². The Balaban J connectivity index is 3.38. The second-order valence-corrected chi connectivity index (χ2v) is 2.91. The van der Waals surface area contributed by atoms with E-state index in [1.807, 2.05) is 0 Å². The van der Waals surface area contributed by atoms with Crippen LogP contribution in [0.3, 0.4) is 0 Å². The highest BCUT2D eigenvalue weighted by Gasteiger charge is 2.04. The zero-order chi connectivity index (χ0) is 9.40. The lowest BCUT2D eigenvalue weighted by molar-refractivity contribution is -0.136. The monoisotopic (exact) mass is 170 g/mol. The van der Waals surface area contributed by atoms with Gasteiger partial charge in [0.15, 0.2) is 0 Å². The zero-order valence-electron chi connectivity index (χ0n) is 8.06. The van der Waals surface area contributed by atoms with Gasteiger partial charge in [-0.2, -0.15) is 0 Å². The summed E-state index contributed by atoms with van der Waals surface area (Å²) in [6, 6.07) is 0. The summed E-state index contributed by atoms with van der Waals surface area (Å²) in [6.07, 6.45) is 5.43. The van der Waals surface area contributed by atoms with Gasteiger partial charge in [0.25, 0.3) is 0 Å². The molecule has 2 nitrogen and oxygen atoms in total. The van der Waals surface area contributed by atoms with Crippen molar-refractivity contribution in [2.45, 2.75) is 39.0 Å². The summed E-state index contributed by atoms with van der Waals surface area (Å²) >= 11 is 0. The number of rotatable bonds is 6. The van der Waals surface area contributed by atoms with Crippen molar-refractivity contribution in [2.24, 2.45) is 0 Å². The van der Waals surface area contributed by atoms with E-state index in [-0.39, 0.29) is 5.97 Å². The number of unbranched alkanes of at least 4 members (excludes halogenated alkanes) is 3. The quantitative estimate of drug-likeness (QED) is 0.348. The number of carbonyl (C=O) groups excluding carboxylic acids is 1. The van der Waals surface area contributed by atoms with Crippen molar-refractivity contribution in [2.75, 3.05) is 7.11 Å². The third-order valence-corrected chi connectivity index (χ3v) is 1.81. The van der Waals surface area contributed by atoms with Gasteiger partial charge in [0.2, 0.25) is 0 Å². The van der Waals surface area contributed by atoms with E-state index in [0.29, 0.717) is 5.57 Å². The van der Waals surface area contributed by atoms with Crippen LogP contribution in [-0.4, -0.2) is 13.1 Å². The fourth-order valence-corrected chi connectivity index (χ4v) is 1.01. The van der Waals surface area contributed by atoms with Crippen molar-refractivity contribution < 1.29 is 9.53 Å². The molecule has 2 heteroatoms. The molecule has 0 saturated carbocycles. The third kappa shape index (κ3) is 4.94. The molecular weight excluding hydrogens is 152 g/mol. The van der Waals surface area contributed by atoms with Gasteiger partial charge in [-0.25, -0.2) is 4.79 Å². The molecule has 0 aromatic heterocycles. The molecule has 0 aromatic carbocycles. The fourth-order valence-electron chi connectivity index (χ4n) is 1.01. The zero-order valence-corrected chi connectivity index (χ0v) is 8.06. The molecule has 0 N–H and O–H groups in total. The van der Waals surface area contributed by atoms with E-state index in [2.05, 4.69) is 18.2 Å². The summed E-state index contributed by atoms with van der Waals surface area (Å²) in [4.78, 5) is 10.9. The molecule has 0 radical (unpaired) electrons. The summed E-state index contributed by atoms with van der Waals surface area (Å²) < 4.78 is 4.53. The van der Waals surface area contributed by atoms with E-state index in [4.69, 9.17) is 0 Å². The summed E-state index contributed by atoms with van der Waals surface area (Å²) in [5.74, 6) is -0.272. The van der Waals surface area contributed by atoms with Crippen molar-refractivity contribution >= 4 is 5.97 Å². The lowest BCUT2D eigenvalue weighted by atomic mass is 10.1. The van der Waals surface area contributed by atoms with E-state index in [9.17, 15) is 4.79 Å². The van der Waals surface area contributed by atoms with Crippen LogP contribution in [0.1, 0.15) is 39.0 Å². The second kappa shape index (κ2) is 6.89. The maximum absolute atomic E-state index is 10.9. The molecule has 0 spiro atoms. The summed E-state index contributed by atoms with van der Waals surface area (Å²) in [5, 5.41) is 0. The topological polar surface area (TPSA) is 26.3 Å². The maximum Gasteiger partial charge on any atom is 0.333 e. The molecule has 0 aromatic rings. The minimum atomic E-state index is -0.272. The Bertz CT molecular complexity index is 150. The molecule has 0 aliphatic rings. The van der Waals surface area contributed by atoms with Crippen molar-refractivity contribution in [3.05, 3.63) is 12.2 Å². The lowest BCUT2D eigenvalue weighted by Crippen LogP contribution is -2.03. The Kier molecular flexibility index (Phi) is 6.44. The first-order valence-electron chi connectivity index (χ1n) is 4.48. The van der Waals surface area contributed by atoms with E-state index in [0.717, 1.165) is 12.8 Å². The van der Waals surface area contributed by atoms with Crippen molar-refractivity contribution in [3.63, 3.8) is 0 Å². The van der Waals surface area contributed by atoms with Crippen LogP contribution < -0.4 is 0 Å². The largest absolute Gasteiger partial charge is 0.466 e. The minimum Gasteiger partial charge on any atom is -0.466 e. The highest BCUT2D eigenvalue weighted by molar-refractivity contribution is 5.87. The minimum absolute atomic E-state index is 0.272. The van der Waals surface area contributed by atoms with Gasteiger partial charge in [-0.1, -0.05) is 32.8 Å². The van der Waals surface area contributed by atoms with Gasteiger partial charge >= 0.3 is 5.97 Å². The number of methoxy groups -OCH3 is 1.